The van der Waals surface area contributed by atoms with E-state index in [2.05, 4.69) is 26.1 Å². The molecule has 0 bridgehead atoms. The highest BCUT2D eigenvalue weighted by Gasteiger charge is 2.29. The molecule has 0 heterocycles. The Kier molecular flexibility index (Phi) is 7.88. The quantitative estimate of drug-likeness (QED) is 0.701. The summed E-state index contributed by atoms with van der Waals surface area (Å²) in [6, 6.07) is 16.8. The lowest BCUT2D eigenvalue weighted by molar-refractivity contribution is -0.142. The minimum Gasteiger partial charge on any atom is -0.483 e. The van der Waals surface area contributed by atoms with Crippen LogP contribution in [0.2, 0.25) is 0 Å². The summed E-state index contributed by atoms with van der Waals surface area (Å²) in [6.45, 7) is 14.1. The van der Waals surface area contributed by atoms with Crippen molar-refractivity contribution in [2.75, 3.05) is 6.61 Å². The van der Waals surface area contributed by atoms with E-state index in [1.165, 1.54) is 0 Å². The van der Waals surface area contributed by atoms with Crippen LogP contribution in [0.25, 0.3) is 0 Å². The molecule has 31 heavy (non-hydrogen) atoms. The fourth-order valence-corrected chi connectivity index (χ4v) is 3.27. The lowest BCUT2D eigenvalue weighted by Crippen LogP contribution is -2.53. The summed E-state index contributed by atoms with van der Waals surface area (Å²) in [6.07, 6.45) is 0. The van der Waals surface area contributed by atoms with Gasteiger partial charge in [0.2, 0.25) is 5.91 Å². The van der Waals surface area contributed by atoms with Crippen LogP contribution in [0, 0.1) is 0 Å². The SMILES string of the molecule is C[C@H](C(=O)NC(C)(C)C)N(Cc1ccccc1)C(=O)COc1ccccc1C(C)(C)C. The Morgan fingerprint density at radius 1 is 0.935 bits per heavy atom. The molecule has 0 spiro atoms. The molecule has 2 rings (SSSR count). The van der Waals surface area contributed by atoms with Gasteiger partial charge in [-0.2, -0.15) is 0 Å². The van der Waals surface area contributed by atoms with Gasteiger partial charge in [0.05, 0.1) is 0 Å². The lowest BCUT2D eigenvalue weighted by Gasteiger charge is -2.31. The molecule has 168 valence electrons. The van der Waals surface area contributed by atoms with E-state index in [4.69, 9.17) is 4.74 Å². The predicted octanol–water partition coefficient (Wildman–Crippen LogP) is 4.69. The number of nitrogens with one attached hydrogen (secondary N) is 1. The number of ether oxygens (including phenoxy) is 1. The average molecular weight is 425 g/mol. The van der Waals surface area contributed by atoms with Crippen LogP contribution in [0.1, 0.15) is 59.6 Å². The first-order chi connectivity index (χ1) is 14.4. The zero-order valence-electron chi connectivity index (χ0n) is 19.9. The molecule has 2 amide bonds. The van der Waals surface area contributed by atoms with E-state index in [0.29, 0.717) is 12.3 Å². The molecule has 0 saturated heterocycles. The van der Waals surface area contributed by atoms with Gasteiger partial charge in [-0.1, -0.05) is 69.3 Å². The van der Waals surface area contributed by atoms with Crippen molar-refractivity contribution in [3.63, 3.8) is 0 Å². The van der Waals surface area contributed by atoms with Crippen molar-refractivity contribution in [2.45, 2.75) is 72.0 Å². The van der Waals surface area contributed by atoms with Crippen LogP contribution in [0.5, 0.6) is 5.75 Å². The number of carbonyl (C=O) groups is 2. The molecule has 5 heteroatoms. The van der Waals surface area contributed by atoms with Crippen LogP contribution in [0.3, 0.4) is 0 Å². The minimum atomic E-state index is -0.631. The van der Waals surface area contributed by atoms with Gasteiger partial charge < -0.3 is 15.0 Å². The molecule has 0 aliphatic rings. The zero-order chi connectivity index (χ0) is 23.2. The Morgan fingerprint density at radius 3 is 2.10 bits per heavy atom. The van der Waals surface area contributed by atoms with E-state index >= 15 is 0 Å². The van der Waals surface area contributed by atoms with Gasteiger partial charge in [0.15, 0.2) is 6.61 Å². The Bertz CT molecular complexity index is 880. The summed E-state index contributed by atoms with van der Waals surface area (Å²) in [5.41, 5.74) is 1.51. The molecule has 1 atom stereocenters. The van der Waals surface area contributed by atoms with Crippen molar-refractivity contribution in [2.24, 2.45) is 0 Å². The maximum absolute atomic E-state index is 13.2. The smallest absolute Gasteiger partial charge is 0.261 e. The Morgan fingerprint density at radius 2 is 1.52 bits per heavy atom. The first kappa shape index (κ1) is 24.4. The van der Waals surface area contributed by atoms with Gasteiger partial charge in [0.1, 0.15) is 11.8 Å². The minimum absolute atomic E-state index is 0.108. The fraction of sp³-hybridized carbons (Fsp3) is 0.462. The van der Waals surface area contributed by atoms with Gasteiger partial charge in [-0.15, -0.1) is 0 Å². The summed E-state index contributed by atoms with van der Waals surface area (Å²) in [5.74, 6) is 0.269. The molecule has 0 aliphatic carbocycles. The number of nitrogens with zero attached hydrogens (tertiary/aromatic N) is 1. The summed E-state index contributed by atoms with van der Waals surface area (Å²) in [4.78, 5) is 27.6. The predicted molar refractivity (Wildman–Crippen MR) is 125 cm³/mol. The Hall–Kier alpha value is -2.82. The number of amides is 2. The van der Waals surface area contributed by atoms with E-state index in [1.807, 2.05) is 75.4 Å². The third-order valence-corrected chi connectivity index (χ3v) is 4.91. The van der Waals surface area contributed by atoms with E-state index in [-0.39, 0.29) is 29.4 Å². The molecule has 0 unspecified atom stereocenters. The second-order valence-electron chi connectivity index (χ2n) is 9.96. The van der Waals surface area contributed by atoms with Crippen molar-refractivity contribution in [3.05, 3.63) is 65.7 Å². The first-order valence-electron chi connectivity index (χ1n) is 10.8. The average Bonchev–Trinajstić information content (AvgIpc) is 2.68. The fourth-order valence-electron chi connectivity index (χ4n) is 3.27. The normalized spacial score (nSPS) is 12.7. The highest BCUT2D eigenvalue weighted by molar-refractivity contribution is 5.88. The Balaban J connectivity index is 2.21. The molecule has 0 aromatic heterocycles. The van der Waals surface area contributed by atoms with E-state index in [1.54, 1.807) is 11.8 Å². The van der Waals surface area contributed by atoms with Gasteiger partial charge in [0.25, 0.3) is 5.91 Å². The van der Waals surface area contributed by atoms with Crippen molar-refractivity contribution < 1.29 is 14.3 Å². The number of hydrogen-bond donors (Lipinski definition) is 1. The maximum Gasteiger partial charge on any atom is 0.261 e. The monoisotopic (exact) mass is 424 g/mol. The standard InChI is InChI=1S/C26H36N2O3/c1-19(24(30)27-26(5,6)7)28(17-20-13-9-8-10-14-20)23(29)18-31-22-16-12-11-15-21(22)25(2,3)4/h8-16,19H,17-18H2,1-7H3,(H,27,30)/t19-/m1/s1. The van der Waals surface area contributed by atoms with Crippen molar-refractivity contribution in [1.29, 1.82) is 0 Å². The summed E-state index contributed by atoms with van der Waals surface area (Å²) in [5, 5.41) is 2.97. The van der Waals surface area contributed by atoms with Crippen LogP contribution in [0.4, 0.5) is 0 Å². The number of rotatable bonds is 7. The molecule has 5 nitrogen and oxygen atoms in total. The molecular formula is C26H36N2O3. The lowest BCUT2D eigenvalue weighted by atomic mass is 9.86. The first-order valence-corrected chi connectivity index (χ1v) is 10.8. The molecular weight excluding hydrogens is 388 g/mol. The third kappa shape index (κ3) is 7.42. The third-order valence-electron chi connectivity index (χ3n) is 4.91. The zero-order valence-corrected chi connectivity index (χ0v) is 19.9. The van der Waals surface area contributed by atoms with Gasteiger partial charge in [-0.3, -0.25) is 9.59 Å². The van der Waals surface area contributed by atoms with Gasteiger partial charge in [-0.25, -0.2) is 0 Å². The highest BCUT2D eigenvalue weighted by Crippen LogP contribution is 2.31. The number of benzene rings is 2. The second kappa shape index (κ2) is 9.99. The van der Waals surface area contributed by atoms with Crippen LogP contribution in [-0.4, -0.2) is 34.9 Å². The van der Waals surface area contributed by atoms with Crippen LogP contribution >= 0.6 is 0 Å². The molecule has 1 N–H and O–H groups in total. The van der Waals surface area contributed by atoms with Gasteiger partial charge in [-0.05, 0) is 50.3 Å². The van der Waals surface area contributed by atoms with Crippen molar-refractivity contribution in [1.82, 2.24) is 10.2 Å². The molecule has 0 fully saturated rings. The van der Waals surface area contributed by atoms with E-state index in [9.17, 15) is 9.59 Å². The second-order valence-corrected chi connectivity index (χ2v) is 9.96. The van der Waals surface area contributed by atoms with Crippen molar-refractivity contribution >= 4 is 11.8 Å². The summed E-state index contributed by atoms with van der Waals surface area (Å²) in [7, 11) is 0. The van der Waals surface area contributed by atoms with Gasteiger partial charge in [0, 0.05) is 12.1 Å². The van der Waals surface area contributed by atoms with E-state index in [0.717, 1.165) is 11.1 Å². The number of hydrogen-bond acceptors (Lipinski definition) is 3. The molecule has 0 saturated carbocycles. The molecule has 2 aromatic carbocycles. The van der Waals surface area contributed by atoms with E-state index < -0.39 is 6.04 Å². The topological polar surface area (TPSA) is 58.6 Å². The molecule has 2 aromatic rings. The van der Waals surface area contributed by atoms with Gasteiger partial charge >= 0.3 is 0 Å². The molecule has 0 radical (unpaired) electrons. The van der Waals surface area contributed by atoms with Crippen LogP contribution in [-0.2, 0) is 21.5 Å². The van der Waals surface area contributed by atoms with Crippen LogP contribution < -0.4 is 10.1 Å². The number of carbonyl (C=O) groups excluding carboxylic acids is 2. The number of para-hydroxylation sites is 1. The molecule has 0 aliphatic heterocycles. The summed E-state index contributed by atoms with van der Waals surface area (Å²) < 4.78 is 5.95. The van der Waals surface area contributed by atoms with Crippen molar-refractivity contribution in [3.8, 4) is 5.75 Å². The van der Waals surface area contributed by atoms with Crippen LogP contribution in [0.15, 0.2) is 54.6 Å². The summed E-state index contributed by atoms with van der Waals surface area (Å²) >= 11 is 0. The highest BCUT2D eigenvalue weighted by atomic mass is 16.5. The largest absolute Gasteiger partial charge is 0.483 e. The Labute approximate surface area is 186 Å². The maximum atomic E-state index is 13.2.